The Balaban J connectivity index is 2.60. The second-order valence-electron chi connectivity index (χ2n) is 5.58. The summed E-state index contributed by atoms with van der Waals surface area (Å²) in [4.78, 5) is 4.32. The van der Waals surface area contributed by atoms with Crippen LogP contribution in [0.2, 0.25) is 0 Å². The molecule has 1 heterocycles. The molecule has 1 atom stereocenters. The molecule has 0 spiro atoms. The van der Waals surface area contributed by atoms with Gasteiger partial charge >= 0.3 is 0 Å². The fraction of sp³-hybridized carbons (Fsp3) is 0.375. The quantitative estimate of drug-likeness (QED) is 0.894. The molecule has 0 amide bonds. The zero-order chi connectivity index (χ0) is 14.8. The van der Waals surface area contributed by atoms with Crippen LogP contribution in [0, 0.1) is 17.2 Å². The molecule has 0 aliphatic heterocycles. The predicted molar refractivity (Wildman–Crippen MR) is 82.4 cm³/mol. The number of nitrogens with one attached hydrogen (secondary N) is 1. The molecule has 2 aromatic rings. The summed E-state index contributed by atoms with van der Waals surface area (Å²) in [5, 5.41) is 13.8. The summed E-state index contributed by atoms with van der Waals surface area (Å²) in [6, 6.07) is 10.0. The molecular weight excluding hydrogens is 248 g/mol. The van der Waals surface area contributed by atoms with Crippen molar-refractivity contribution in [1.29, 1.82) is 5.26 Å². The van der Waals surface area contributed by atoms with E-state index in [1.54, 1.807) is 6.20 Å². The van der Waals surface area contributed by atoms with E-state index in [1.165, 1.54) is 0 Å². The molecule has 1 unspecified atom stereocenters. The summed E-state index contributed by atoms with van der Waals surface area (Å²) in [5.74, 6) is 0.339. The van der Waals surface area contributed by atoms with Gasteiger partial charge < -0.3 is 11.1 Å². The Morgan fingerprint density at radius 1 is 1.40 bits per heavy atom. The summed E-state index contributed by atoms with van der Waals surface area (Å²) in [7, 11) is 0. The van der Waals surface area contributed by atoms with Crippen molar-refractivity contribution in [2.75, 3.05) is 11.9 Å². The van der Waals surface area contributed by atoms with Crippen molar-refractivity contribution in [3.8, 4) is 6.07 Å². The lowest BCUT2D eigenvalue weighted by molar-refractivity contribution is 0.383. The van der Waals surface area contributed by atoms with E-state index in [-0.39, 0.29) is 5.54 Å². The molecule has 0 aliphatic carbocycles. The Kier molecular flexibility index (Phi) is 3.91. The highest BCUT2D eigenvalue weighted by molar-refractivity contribution is 5.94. The molecule has 0 fully saturated rings. The summed E-state index contributed by atoms with van der Waals surface area (Å²) in [5.41, 5.74) is 7.90. The first-order valence-corrected chi connectivity index (χ1v) is 6.78. The molecule has 104 valence electrons. The maximum atomic E-state index is 9.32. The SMILES string of the molecule is CC(C)C(C)(CN)Nc1c(C#N)cnc2ccccc12. The topological polar surface area (TPSA) is 74.7 Å². The monoisotopic (exact) mass is 268 g/mol. The van der Waals surface area contributed by atoms with Crippen LogP contribution in [0.5, 0.6) is 0 Å². The summed E-state index contributed by atoms with van der Waals surface area (Å²) >= 11 is 0. The zero-order valence-corrected chi connectivity index (χ0v) is 12.1. The molecule has 0 aliphatic rings. The average molecular weight is 268 g/mol. The van der Waals surface area contributed by atoms with Crippen LogP contribution in [0.4, 0.5) is 5.69 Å². The highest BCUT2D eigenvalue weighted by atomic mass is 15.0. The number of hydrogen-bond donors (Lipinski definition) is 2. The highest BCUT2D eigenvalue weighted by Gasteiger charge is 2.28. The molecular formula is C16H20N4. The van der Waals surface area contributed by atoms with Gasteiger partial charge in [0.15, 0.2) is 0 Å². The van der Waals surface area contributed by atoms with Gasteiger partial charge in [0.1, 0.15) is 6.07 Å². The number of aromatic nitrogens is 1. The largest absolute Gasteiger partial charge is 0.377 e. The van der Waals surface area contributed by atoms with Crippen molar-refractivity contribution in [1.82, 2.24) is 4.98 Å². The van der Waals surface area contributed by atoms with Gasteiger partial charge in [-0.1, -0.05) is 32.0 Å². The van der Waals surface area contributed by atoms with E-state index in [9.17, 15) is 5.26 Å². The number of para-hydroxylation sites is 1. The van der Waals surface area contributed by atoms with Gasteiger partial charge in [0.2, 0.25) is 0 Å². The average Bonchev–Trinajstić information content (AvgIpc) is 2.47. The van der Waals surface area contributed by atoms with Crippen molar-refractivity contribution >= 4 is 16.6 Å². The first-order valence-electron chi connectivity index (χ1n) is 6.78. The van der Waals surface area contributed by atoms with Crippen LogP contribution in [0.15, 0.2) is 30.5 Å². The van der Waals surface area contributed by atoms with Crippen molar-refractivity contribution < 1.29 is 0 Å². The van der Waals surface area contributed by atoms with Crippen LogP contribution in [0.1, 0.15) is 26.3 Å². The van der Waals surface area contributed by atoms with E-state index in [1.807, 2.05) is 24.3 Å². The van der Waals surface area contributed by atoms with Crippen LogP contribution in [0.25, 0.3) is 10.9 Å². The van der Waals surface area contributed by atoms with Crippen molar-refractivity contribution in [2.24, 2.45) is 11.7 Å². The molecule has 0 saturated carbocycles. The van der Waals surface area contributed by atoms with Crippen LogP contribution >= 0.6 is 0 Å². The first kappa shape index (κ1) is 14.3. The van der Waals surface area contributed by atoms with Gasteiger partial charge in [-0.15, -0.1) is 0 Å². The predicted octanol–water partition coefficient (Wildman–Crippen LogP) is 2.89. The van der Waals surface area contributed by atoms with E-state index in [0.717, 1.165) is 16.6 Å². The van der Waals surface area contributed by atoms with Crippen LogP contribution in [-0.4, -0.2) is 17.1 Å². The second-order valence-corrected chi connectivity index (χ2v) is 5.58. The summed E-state index contributed by atoms with van der Waals surface area (Å²) < 4.78 is 0. The molecule has 1 aromatic carbocycles. The minimum absolute atomic E-state index is 0.268. The van der Waals surface area contributed by atoms with Gasteiger partial charge in [0, 0.05) is 23.7 Å². The van der Waals surface area contributed by atoms with Crippen LogP contribution in [-0.2, 0) is 0 Å². The van der Waals surface area contributed by atoms with E-state index in [0.29, 0.717) is 18.0 Å². The number of pyridine rings is 1. The molecule has 1 aromatic heterocycles. The minimum Gasteiger partial charge on any atom is -0.377 e. The first-order chi connectivity index (χ1) is 9.51. The molecule has 0 radical (unpaired) electrons. The Morgan fingerprint density at radius 3 is 2.70 bits per heavy atom. The van der Waals surface area contributed by atoms with E-state index < -0.39 is 0 Å². The number of rotatable bonds is 4. The number of benzene rings is 1. The minimum atomic E-state index is -0.268. The highest BCUT2D eigenvalue weighted by Crippen LogP contribution is 2.30. The van der Waals surface area contributed by atoms with Gasteiger partial charge in [-0.05, 0) is 18.9 Å². The van der Waals surface area contributed by atoms with Gasteiger partial charge in [-0.2, -0.15) is 5.26 Å². The van der Waals surface area contributed by atoms with Gasteiger partial charge in [0.05, 0.1) is 16.8 Å². The maximum Gasteiger partial charge on any atom is 0.103 e. The fourth-order valence-corrected chi connectivity index (χ4v) is 2.08. The molecule has 4 heteroatoms. The van der Waals surface area contributed by atoms with Gasteiger partial charge in [0.25, 0.3) is 0 Å². The van der Waals surface area contributed by atoms with Gasteiger partial charge in [-0.3, -0.25) is 4.98 Å². The third-order valence-electron chi connectivity index (χ3n) is 4.00. The Morgan fingerprint density at radius 2 is 2.10 bits per heavy atom. The molecule has 2 rings (SSSR count). The lowest BCUT2D eigenvalue weighted by atomic mass is 9.87. The molecule has 4 nitrogen and oxygen atoms in total. The van der Waals surface area contributed by atoms with Crippen molar-refractivity contribution in [3.05, 3.63) is 36.0 Å². The maximum absolute atomic E-state index is 9.32. The third-order valence-corrected chi connectivity index (χ3v) is 4.00. The van der Waals surface area contributed by atoms with Crippen molar-refractivity contribution in [2.45, 2.75) is 26.3 Å². The number of anilines is 1. The van der Waals surface area contributed by atoms with Crippen LogP contribution < -0.4 is 11.1 Å². The van der Waals surface area contributed by atoms with Gasteiger partial charge in [-0.25, -0.2) is 0 Å². The van der Waals surface area contributed by atoms with E-state index >= 15 is 0 Å². The fourth-order valence-electron chi connectivity index (χ4n) is 2.08. The summed E-state index contributed by atoms with van der Waals surface area (Å²) in [6.45, 7) is 6.81. The zero-order valence-electron chi connectivity index (χ0n) is 12.1. The molecule has 3 N–H and O–H groups in total. The summed E-state index contributed by atoms with van der Waals surface area (Å²) in [6.07, 6.45) is 1.61. The Hall–Kier alpha value is -2.12. The number of nitriles is 1. The lowest BCUT2D eigenvalue weighted by Crippen LogP contribution is -2.47. The molecule has 0 saturated heterocycles. The number of nitrogens with zero attached hydrogens (tertiary/aromatic N) is 2. The Labute approximate surface area is 119 Å². The lowest BCUT2D eigenvalue weighted by Gasteiger charge is -2.35. The molecule has 20 heavy (non-hydrogen) atoms. The van der Waals surface area contributed by atoms with E-state index in [4.69, 9.17) is 5.73 Å². The standard InChI is InChI=1S/C16H20N4/c1-11(2)16(3,10-18)20-15-12(8-17)9-19-14-7-5-4-6-13(14)15/h4-7,9,11H,10,18H2,1-3H3,(H,19,20). The normalized spacial score (nSPS) is 14.0. The number of hydrogen-bond acceptors (Lipinski definition) is 4. The van der Waals surface area contributed by atoms with Crippen molar-refractivity contribution in [3.63, 3.8) is 0 Å². The molecule has 0 bridgehead atoms. The smallest absolute Gasteiger partial charge is 0.103 e. The third kappa shape index (κ3) is 2.45. The Bertz CT molecular complexity index is 657. The number of nitrogens with two attached hydrogens (primary N) is 1. The van der Waals surface area contributed by atoms with E-state index in [2.05, 4.69) is 37.1 Å². The van der Waals surface area contributed by atoms with Crippen LogP contribution in [0.3, 0.4) is 0 Å². The second kappa shape index (κ2) is 5.48. The number of fused-ring (bicyclic) bond motifs is 1.